The molecule has 0 bridgehead atoms. The molecule has 0 aliphatic carbocycles. The number of benzene rings is 1. The van der Waals surface area contributed by atoms with Crippen LogP contribution in [0.3, 0.4) is 0 Å². The third-order valence-corrected chi connectivity index (χ3v) is 2.98. The van der Waals surface area contributed by atoms with Gasteiger partial charge in [-0.05, 0) is 49.9 Å². The molecule has 0 fully saturated rings. The Kier molecular flexibility index (Phi) is 7.54. The number of ether oxygens (including phenoxy) is 2. The summed E-state index contributed by atoms with van der Waals surface area (Å²) in [5.74, 6) is 0.471. The van der Waals surface area contributed by atoms with Gasteiger partial charge < -0.3 is 14.4 Å². The van der Waals surface area contributed by atoms with Crippen LogP contribution in [0.25, 0.3) is 6.08 Å². The molecule has 0 aliphatic rings. The van der Waals surface area contributed by atoms with E-state index in [9.17, 15) is 4.79 Å². The van der Waals surface area contributed by atoms with Gasteiger partial charge in [-0.25, -0.2) is 4.79 Å². The van der Waals surface area contributed by atoms with Crippen molar-refractivity contribution in [3.05, 3.63) is 35.4 Å². The Morgan fingerprint density at radius 3 is 2.71 bits per heavy atom. The second-order valence-corrected chi connectivity index (χ2v) is 5.16. The second-order valence-electron chi connectivity index (χ2n) is 5.16. The Bertz CT molecular complexity index is 481. The first-order chi connectivity index (χ1) is 10.1. The predicted molar refractivity (Wildman–Crippen MR) is 85.3 cm³/mol. The lowest BCUT2D eigenvalue weighted by Crippen LogP contribution is -2.11. The highest BCUT2D eigenvalue weighted by Gasteiger charge is 2.04. The first-order valence-electron chi connectivity index (χ1n) is 7.23. The molecule has 0 N–H and O–H groups in total. The molecule has 0 atom stereocenters. The summed E-state index contributed by atoms with van der Waals surface area (Å²) in [5, 5.41) is 0. The molecule has 1 aromatic carbocycles. The van der Waals surface area contributed by atoms with Gasteiger partial charge in [0.1, 0.15) is 5.75 Å². The van der Waals surface area contributed by atoms with Crippen LogP contribution in [0.2, 0.25) is 0 Å². The SMILES string of the molecule is CCCCOC(=O)/C=C/c1cc(OC)ccc1CN(C)C. The van der Waals surface area contributed by atoms with E-state index in [1.54, 1.807) is 13.2 Å². The van der Waals surface area contributed by atoms with E-state index in [4.69, 9.17) is 9.47 Å². The van der Waals surface area contributed by atoms with E-state index in [0.29, 0.717) is 6.61 Å². The summed E-state index contributed by atoms with van der Waals surface area (Å²) in [6.07, 6.45) is 5.17. The van der Waals surface area contributed by atoms with Gasteiger partial charge in [0, 0.05) is 12.6 Å². The normalized spacial score (nSPS) is 11.1. The van der Waals surface area contributed by atoms with Crippen LogP contribution >= 0.6 is 0 Å². The number of esters is 1. The molecular weight excluding hydrogens is 266 g/mol. The molecule has 0 spiro atoms. The molecular formula is C17H25NO3. The standard InChI is InChI=1S/C17H25NO3/c1-5-6-11-21-17(19)10-8-14-12-16(20-4)9-7-15(14)13-18(2)3/h7-10,12H,5-6,11,13H2,1-4H3/b10-8+. The minimum absolute atomic E-state index is 0.304. The van der Waals surface area contributed by atoms with Gasteiger partial charge in [-0.15, -0.1) is 0 Å². The summed E-state index contributed by atoms with van der Waals surface area (Å²) in [4.78, 5) is 13.7. The number of rotatable bonds is 8. The zero-order chi connectivity index (χ0) is 15.7. The van der Waals surface area contributed by atoms with E-state index >= 15 is 0 Å². The lowest BCUT2D eigenvalue weighted by Gasteiger charge is -2.13. The third kappa shape index (κ3) is 6.45. The van der Waals surface area contributed by atoms with Gasteiger partial charge in [0.2, 0.25) is 0 Å². The highest BCUT2D eigenvalue weighted by atomic mass is 16.5. The summed E-state index contributed by atoms with van der Waals surface area (Å²) in [7, 11) is 5.65. The van der Waals surface area contributed by atoms with Crippen molar-refractivity contribution in [2.75, 3.05) is 27.8 Å². The smallest absolute Gasteiger partial charge is 0.330 e. The van der Waals surface area contributed by atoms with E-state index in [-0.39, 0.29) is 5.97 Å². The van der Waals surface area contributed by atoms with Crippen LogP contribution in [0.15, 0.2) is 24.3 Å². The van der Waals surface area contributed by atoms with Crippen molar-refractivity contribution in [2.24, 2.45) is 0 Å². The minimum atomic E-state index is -0.304. The van der Waals surface area contributed by atoms with Crippen molar-refractivity contribution in [1.82, 2.24) is 4.90 Å². The molecule has 0 saturated heterocycles. The van der Waals surface area contributed by atoms with E-state index < -0.39 is 0 Å². The fourth-order valence-corrected chi connectivity index (χ4v) is 1.86. The zero-order valence-corrected chi connectivity index (χ0v) is 13.4. The van der Waals surface area contributed by atoms with Crippen LogP contribution in [0.1, 0.15) is 30.9 Å². The van der Waals surface area contributed by atoms with Crippen molar-refractivity contribution in [1.29, 1.82) is 0 Å². The summed E-state index contributed by atoms with van der Waals surface area (Å²) in [5.41, 5.74) is 2.11. The third-order valence-electron chi connectivity index (χ3n) is 2.98. The highest BCUT2D eigenvalue weighted by Crippen LogP contribution is 2.20. The molecule has 116 valence electrons. The van der Waals surface area contributed by atoms with Crippen LogP contribution in [0.5, 0.6) is 5.75 Å². The largest absolute Gasteiger partial charge is 0.497 e. The van der Waals surface area contributed by atoms with Gasteiger partial charge in [-0.3, -0.25) is 0 Å². The minimum Gasteiger partial charge on any atom is -0.497 e. The number of unbranched alkanes of at least 4 members (excludes halogenated alkanes) is 1. The van der Waals surface area contributed by atoms with Gasteiger partial charge in [0.15, 0.2) is 0 Å². The predicted octanol–water partition coefficient (Wildman–Crippen LogP) is 3.11. The van der Waals surface area contributed by atoms with E-state index in [0.717, 1.165) is 36.3 Å². The molecule has 4 heteroatoms. The first kappa shape index (κ1) is 17.2. The van der Waals surface area contributed by atoms with Crippen LogP contribution in [-0.4, -0.2) is 38.7 Å². The number of hydrogen-bond acceptors (Lipinski definition) is 4. The maximum absolute atomic E-state index is 11.6. The molecule has 0 saturated carbocycles. The second kappa shape index (κ2) is 9.19. The number of hydrogen-bond donors (Lipinski definition) is 0. The van der Waals surface area contributed by atoms with Gasteiger partial charge in [-0.1, -0.05) is 19.4 Å². The maximum Gasteiger partial charge on any atom is 0.330 e. The Labute approximate surface area is 127 Å². The fourth-order valence-electron chi connectivity index (χ4n) is 1.86. The molecule has 0 heterocycles. The Morgan fingerprint density at radius 2 is 2.10 bits per heavy atom. The van der Waals surface area contributed by atoms with Gasteiger partial charge >= 0.3 is 5.97 Å². The average Bonchev–Trinajstić information content (AvgIpc) is 2.46. The highest BCUT2D eigenvalue weighted by molar-refractivity contribution is 5.87. The van der Waals surface area contributed by atoms with Crippen LogP contribution in [0.4, 0.5) is 0 Å². The average molecular weight is 291 g/mol. The maximum atomic E-state index is 11.6. The quantitative estimate of drug-likeness (QED) is 0.419. The van der Waals surface area contributed by atoms with E-state index in [1.807, 2.05) is 32.3 Å². The number of nitrogens with zero attached hydrogens (tertiary/aromatic N) is 1. The molecule has 4 nitrogen and oxygen atoms in total. The Hall–Kier alpha value is -1.81. The number of methoxy groups -OCH3 is 1. The van der Waals surface area contributed by atoms with Crippen molar-refractivity contribution < 1.29 is 14.3 Å². The molecule has 0 unspecified atom stereocenters. The summed E-state index contributed by atoms with van der Waals surface area (Å²) >= 11 is 0. The van der Waals surface area contributed by atoms with Gasteiger partial charge in [0.25, 0.3) is 0 Å². The monoisotopic (exact) mass is 291 g/mol. The van der Waals surface area contributed by atoms with E-state index in [2.05, 4.69) is 11.8 Å². The first-order valence-corrected chi connectivity index (χ1v) is 7.23. The lowest BCUT2D eigenvalue weighted by molar-refractivity contribution is -0.137. The molecule has 0 aliphatic heterocycles. The molecule has 0 radical (unpaired) electrons. The molecule has 21 heavy (non-hydrogen) atoms. The fraction of sp³-hybridized carbons (Fsp3) is 0.471. The van der Waals surface area contributed by atoms with Crippen molar-refractivity contribution >= 4 is 12.0 Å². The number of carbonyl (C=O) groups excluding carboxylic acids is 1. The van der Waals surface area contributed by atoms with Gasteiger partial charge in [-0.2, -0.15) is 0 Å². The zero-order valence-electron chi connectivity index (χ0n) is 13.4. The summed E-state index contributed by atoms with van der Waals surface area (Å²) < 4.78 is 10.4. The van der Waals surface area contributed by atoms with Crippen LogP contribution in [-0.2, 0) is 16.1 Å². The summed E-state index contributed by atoms with van der Waals surface area (Å²) in [6, 6.07) is 5.87. The molecule has 1 rings (SSSR count). The molecule has 1 aromatic rings. The topological polar surface area (TPSA) is 38.8 Å². The van der Waals surface area contributed by atoms with Crippen molar-refractivity contribution in [3.8, 4) is 5.75 Å². The lowest BCUT2D eigenvalue weighted by atomic mass is 10.1. The van der Waals surface area contributed by atoms with E-state index in [1.165, 1.54) is 6.08 Å². The van der Waals surface area contributed by atoms with Gasteiger partial charge in [0.05, 0.1) is 13.7 Å². The molecule has 0 amide bonds. The number of carbonyl (C=O) groups is 1. The van der Waals surface area contributed by atoms with Crippen LogP contribution in [0, 0.1) is 0 Å². The van der Waals surface area contributed by atoms with Crippen molar-refractivity contribution in [2.45, 2.75) is 26.3 Å². The Morgan fingerprint density at radius 1 is 1.33 bits per heavy atom. The summed E-state index contributed by atoms with van der Waals surface area (Å²) in [6.45, 7) is 3.34. The van der Waals surface area contributed by atoms with Crippen LogP contribution < -0.4 is 4.74 Å². The molecule has 0 aromatic heterocycles. The Balaban J connectivity index is 2.80. The van der Waals surface area contributed by atoms with Crippen molar-refractivity contribution in [3.63, 3.8) is 0 Å².